The van der Waals surface area contributed by atoms with Crippen LogP contribution in [0.15, 0.2) is 33.2 Å². The second-order valence-electron chi connectivity index (χ2n) is 7.15. The number of H-pyrrole nitrogens is 1. The van der Waals surface area contributed by atoms with Gasteiger partial charge in [0, 0.05) is 44.8 Å². The van der Waals surface area contributed by atoms with E-state index in [0.29, 0.717) is 17.7 Å². The summed E-state index contributed by atoms with van der Waals surface area (Å²) in [4.78, 5) is 42.4. The number of nitrogens with zero attached hydrogens (tertiary/aromatic N) is 6. The van der Waals surface area contributed by atoms with Crippen LogP contribution in [-0.2, 0) is 13.6 Å². The van der Waals surface area contributed by atoms with Crippen LogP contribution in [0.25, 0.3) is 11.2 Å². The van der Waals surface area contributed by atoms with Crippen LogP contribution in [0, 0.1) is 5.92 Å². The van der Waals surface area contributed by atoms with Gasteiger partial charge in [-0.3, -0.25) is 14.3 Å². The van der Waals surface area contributed by atoms with Crippen molar-refractivity contribution in [3.8, 4) is 0 Å². The molecule has 0 bridgehead atoms. The Kier molecular flexibility index (Phi) is 5.21. The number of fused-ring (bicyclic) bond motifs is 1. The van der Waals surface area contributed by atoms with Gasteiger partial charge in [-0.15, -0.1) is 0 Å². The Bertz CT molecular complexity index is 1080. The summed E-state index contributed by atoms with van der Waals surface area (Å²) in [5.41, 5.74) is 0.0564. The van der Waals surface area contributed by atoms with Crippen molar-refractivity contribution in [2.45, 2.75) is 31.5 Å². The van der Waals surface area contributed by atoms with E-state index < -0.39 is 5.69 Å². The monoisotopic (exact) mass is 401 g/mol. The largest absolute Gasteiger partial charge is 0.342 e. The fraction of sp³-hybridized carbons (Fsp3) is 0.500. The molecule has 1 N–H and O–H groups in total. The van der Waals surface area contributed by atoms with E-state index in [9.17, 15) is 9.59 Å². The SMILES string of the molecule is C[C@@H](CSc1ncccn1)Cn1c(N2CCCC2)nc2c1c(=O)[nH]c(=O)n2C. The highest BCUT2D eigenvalue weighted by Crippen LogP contribution is 2.25. The van der Waals surface area contributed by atoms with Gasteiger partial charge in [0.2, 0.25) is 5.95 Å². The average molecular weight is 401 g/mol. The number of aromatic nitrogens is 6. The Balaban J connectivity index is 1.68. The first-order valence-electron chi connectivity index (χ1n) is 9.39. The maximum Gasteiger partial charge on any atom is 0.329 e. The molecule has 4 rings (SSSR count). The first-order chi connectivity index (χ1) is 13.5. The van der Waals surface area contributed by atoms with Crippen molar-refractivity contribution in [3.63, 3.8) is 0 Å². The summed E-state index contributed by atoms with van der Waals surface area (Å²) in [6.45, 7) is 4.58. The van der Waals surface area contributed by atoms with Crippen LogP contribution in [0.5, 0.6) is 0 Å². The molecule has 10 heteroatoms. The second kappa shape index (κ2) is 7.78. The summed E-state index contributed by atoms with van der Waals surface area (Å²) < 4.78 is 3.38. The molecule has 0 unspecified atom stereocenters. The smallest absolute Gasteiger partial charge is 0.329 e. The lowest BCUT2D eigenvalue weighted by molar-refractivity contribution is 0.537. The van der Waals surface area contributed by atoms with Crippen molar-refractivity contribution in [2.24, 2.45) is 13.0 Å². The van der Waals surface area contributed by atoms with Gasteiger partial charge in [0.05, 0.1) is 0 Å². The third-order valence-electron chi connectivity index (χ3n) is 4.91. The van der Waals surface area contributed by atoms with Gasteiger partial charge in [-0.25, -0.2) is 14.8 Å². The summed E-state index contributed by atoms with van der Waals surface area (Å²) in [6, 6.07) is 1.80. The van der Waals surface area contributed by atoms with Crippen LogP contribution >= 0.6 is 11.8 Å². The van der Waals surface area contributed by atoms with Gasteiger partial charge in [-0.2, -0.15) is 4.98 Å². The Morgan fingerprint density at radius 2 is 1.93 bits per heavy atom. The summed E-state index contributed by atoms with van der Waals surface area (Å²) in [7, 11) is 1.64. The number of hydrogen-bond donors (Lipinski definition) is 1. The predicted octanol–water partition coefficient (Wildman–Crippen LogP) is 1.24. The Hall–Kier alpha value is -2.62. The number of aromatic amines is 1. The number of thioether (sulfide) groups is 1. The first-order valence-corrected chi connectivity index (χ1v) is 10.4. The molecule has 1 saturated heterocycles. The van der Waals surface area contributed by atoms with Crippen LogP contribution in [0.3, 0.4) is 0 Å². The maximum absolute atomic E-state index is 12.6. The van der Waals surface area contributed by atoms with Crippen molar-refractivity contribution in [3.05, 3.63) is 39.3 Å². The van der Waals surface area contributed by atoms with Crippen LogP contribution < -0.4 is 16.1 Å². The molecule has 0 saturated carbocycles. The molecule has 0 radical (unpaired) electrons. The number of rotatable bonds is 6. The molecule has 0 spiro atoms. The van der Waals surface area contributed by atoms with Crippen molar-refractivity contribution in [2.75, 3.05) is 23.7 Å². The lowest BCUT2D eigenvalue weighted by Gasteiger charge is -2.20. The Labute approximate surface area is 165 Å². The highest BCUT2D eigenvalue weighted by molar-refractivity contribution is 7.99. The molecule has 1 atom stereocenters. The fourth-order valence-electron chi connectivity index (χ4n) is 3.50. The van der Waals surface area contributed by atoms with E-state index >= 15 is 0 Å². The molecule has 1 fully saturated rings. The number of aryl methyl sites for hydroxylation is 1. The zero-order chi connectivity index (χ0) is 19.7. The van der Waals surface area contributed by atoms with Gasteiger partial charge in [0.1, 0.15) is 0 Å². The van der Waals surface area contributed by atoms with Crippen LogP contribution in [0.2, 0.25) is 0 Å². The van der Waals surface area contributed by atoms with Gasteiger partial charge in [0.15, 0.2) is 16.3 Å². The molecule has 28 heavy (non-hydrogen) atoms. The molecule has 3 aromatic rings. The van der Waals surface area contributed by atoms with E-state index in [1.165, 1.54) is 4.57 Å². The van der Waals surface area contributed by atoms with Gasteiger partial charge in [-0.05, 0) is 24.8 Å². The van der Waals surface area contributed by atoms with Crippen LogP contribution in [0.4, 0.5) is 5.95 Å². The van der Waals surface area contributed by atoms with E-state index in [1.54, 1.807) is 37.3 Å². The maximum atomic E-state index is 12.6. The summed E-state index contributed by atoms with van der Waals surface area (Å²) in [6.07, 6.45) is 5.67. The lowest BCUT2D eigenvalue weighted by Crippen LogP contribution is -2.30. The normalized spacial score (nSPS) is 15.4. The van der Waals surface area contributed by atoms with Gasteiger partial charge >= 0.3 is 5.69 Å². The summed E-state index contributed by atoms with van der Waals surface area (Å²) in [5.74, 6) is 1.84. The molecule has 148 valence electrons. The standard InChI is InChI=1S/C18H23N7O2S/c1-12(11-28-16-19-6-5-7-20-16)10-25-13-14(23(2)18(27)22-15(13)26)21-17(25)24-8-3-4-9-24/h5-7,12H,3-4,8-11H2,1-2H3,(H,22,26,27)/t12-/m1/s1. The van der Waals surface area contributed by atoms with E-state index in [2.05, 4.69) is 31.8 Å². The Morgan fingerprint density at radius 1 is 1.21 bits per heavy atom. The zero-order valence-electron chi connectivity index (χ0n) is 16.0. The van der Waals surface area contributed by atoms with Gasteiger partial charge < -0.3 is 9.47 Å². The molecule has 0 aromatic carbocycles. The number of hydrogen-bond acceptors (Lipinski definition) is 7. The first kappa shape index (κ1) is 18.7. The number of nitrogens with one attached hydrogen (secondary N) is 1. The van der Waals surface area contributed by atoms with Crippen molar-refractivity contribution >= 4 is 28.9 Å². The fourth-order valence-corrected chi connectivity index (χ4v) is 4.31. The third kappa shape index (κ3) is 3.56. The van der Waals surface area contributed by atoms with Crippen LogP contribution in [-0.4, -0.2) is 47.9 Å². The summed E-state index contributed by atoms with van der Waals surface area (Å²) >= 11 is 1.59. The number of anilines is 1. The minimum absolute atomic E-state index is 0.254. The van der Waals surface area contributed by atoms with Crippen LogP contribution in [0.1, 0.15) is 19.8 Å². The molecule has 0 aliphatic carbocycles. The van der Waals surface area contributed by atoms with Crippen molar-refractivity contribution in [1.82, 2.24) is 29.1 Å². The summed E-state index contributed by atoms with van der Waals surface area (Å²) in [5, 5.41) is 0.741. The average Bonchev–Trinajstić information content (AvgIpc) is 3.34. The van der Waals surface area contributed by atoms with Gasteiger partial charge in [0.25, 0.3) is 5.56 Å². The molecule has 3 aromatic heterocycles. The molecular weight excluding hydrogens is 378 g/mol. The third-order valence-corrected chi connectivity index (χ3v) is 6.11. The number of imidazole rings is 1. The predicted molar refractivity (Wildman–Crippen MR) is 109 cm³/mol. The molecule has 4 heterocycles. The highest BCUT2D eigenvalue weighted by Gasteiger charge is 2.24. The molecule has 9 nitrogen and oxygen atoms in total. The topological polar surface area (TPSA) is 102 Å². The van der Waals surface area contributed by atoms with E-state index in [4.69, 9.17) is 0 Å². The minimum atomic E-state index is -0.444. The molecule has 1 aliphatic heterocycles. The quantitative estimate of drug-likeness (QED) is 0.490. The second-order valence-corrected chi connectivity index (χ2v) is 8.14. The lowest BCUT2D eigenvalue weighted by atomic mass is 10.2. The van der Waals surface area contributed by atoms with E-state index in [1.807, 2.05) is 4.57 Å². The van der Waals surface area contributed by atoms with Crippen molar-refractivity contribution in [1.29, 1.82) is 0 Å². The van der Waals surface area contributed by atoms with Crippen molar-refractivity contribution < 1.29 is 0 Å². The minimum Gasteiger partial charge on any atom is -0.342 e. The zero-order valence-corrected chi connectivity index (χ0v) is 16.8. The molecular formula is C18H23N7O2S. The van der Waals surface area contributed by atoms with Gasteiger partial charge in [-0.1, -0.05) is 18.7 Å². The van der Waals surface area contributed by atoms with E-state index in [0.717, 1.165) is 42.8 Å². The highest BCUT2D eigenvalue weighted by atomic mass is 32.2. The van der Waals surface area contributed by atoms with E-state index in [-0.39, 0.29) is 11.5 Å². The molecule has 0 amide bonds. The molecule has 1 aliphatic rings. The Morgan fingerprint density at radius 3 is 2.64 bits per heavy atom.